The molecule has 2 N–H and O–H groups in total. The van der Waals surface area contributed by atoms with Gasteiger partial charge in [0.25, 0.3) is 0 Å². The lowest BCUT2D eigenvalue weighted by Gasteiger charge is -2.13. The summed E-state index contributed by atoms with van der Waals surface area (Å²) in [6.45, 7) is 0. The van der Waals surface area contributed by atoms with Gasteiger partial charge in [-0.15, -0.1) is 0 Å². The first kappa shape index (κ1) is 15.6. The number of pyridine rings is 1. The molecule has 0 unspecified atom stereocenters. The van der Waals surface area contributed by atoms with E-state index in [1.165, 1.54) is 20.3 Å². The summed E-state index contributed by atoms with van der Waals surface area (Å²) in [4.78, 5) is 4.14. The second-order valence-corrected chi connectivity index (χ2v) is 6.72. The third kappa shape index (κ3) is 4.07. The molecule has 2 aromatic rings. The normalized spacial score (nSPS) is 11.4. The van der Waals surface area contributed by atoms with Crippen LogP contribution in [0.4, 0.5) is 17.2 Å². The number of nitrogens with one attached hydrogen (secondary N) is 2. The predicted molar refractivity (Wildman–Crippen MR) is 85.2 cm³/mol. The highest BCUT2D eigenvalue weighted by Crippen LogP contribution is 2.24. The Bertz CT molecular complexity index is 717. The molecule has 0 radical (unpaired) electrons. The van der Waals surface area contributed by atoms with Crippen molar-refractivity contribution in [1.29, 1.82) is 0 Å². The van der Waals surface area contributed by atoms with Crippen LogP contribution in [0.2, 0.25) is 5.02 Å². The Morgan fingerprint density at radius 2 is 1.86 bits per heavy atom. The molecule has 0 saturated heterocycles. The third-order valence-electron chi connectivity index (χ3n) is 2.63. The van der Waals surface area contributed by atoms with E-state index in [1.807, 2.05) is 18.2 Å². The highest BCUT2D eigenvalue weighted by molar-refractivity contribution is 7.90. The van der Waals surface area contributed by atoms with Crippen LogP contribution in [0.1, 0.15) is 0 Å². The van der Waals surface area contributed by atoms with E-state index in [-0.39, 0.29) is 0 Å². The van der Waals surface area contributed by atoms with E-state index in [0.29, 0.717) is 16.5 Å². The van der Waals surface area contributed by atoms with Crippen LogP contribution in [0, 0.1) is 0 Å². The van der Waals surface area contributed by atoms with Crippen LogP contribution < -0.4 is 10.0 Å². The number of anilines is 3. The van der Waals surface area contributed by atoms with Gasteiger partial charge >= 0.3 is 10.2 Å². The van der Waals surface area contributed by atoms with Crippen LogP contribution in [-0.2, 0) is 10.2 Å². The molecule has 112 valence electrons. The van der Waals surface area contributed by atoms with Gasteiger partial charge in [0, 0.05) is 14.1 Å². The maximum absolute atomic E-state index is 11.7. The smallest absolute Gasteiger partial charge is 0.301 e. The van der Waals surface area contributed by atoms with Gasteiger partial charge in [0.1, 0.15) is 5.82 Å². The van der Waals surface area contributed by atoms with E-state index in [0.717, 1.165) is 9.99 Å². The molecule has 21 heavy (non-hydrogen) atoms. The second kappa shape index (κ2) is 6.30. The summed E-state index contributed by atoms with van der Waals surface area (Å²) in [5.41, 5.74) is 1.11. The summed E-state index contributed by atoms with van der Waals surface area (Å²) < 4.78 is 26.8. The van der Waals surface area contributed by atoms with Gasteiger partial charge in [0.05, 0.1) is 22.6 Å². The summed E-state index contributed by atoms with van der Waals surface area (Å²) in [6.07, 6.45) is 1.43. The molecule has 0 atom stereocenters. The van der Waals surface area contributed by atoms with Crippen molar-refractivity contribution >= 4 is 39.0 Å². The van der Waals surface area contributed by atoms with Crippen LogP contribution in [0.5, 0.6) is 0 Å². The van der Waals surface area contributed by atoms with Gasteiger partial charge in [-0.05, 0) is 24.3 Å². The highest BCUT2D eigenvalue weighted by Gasteiger charge is 2.12. The van der Waals surface area contributed by atoms with Crippen molar-refractivity contribution < 1.29 is 8.42 Å². The summed E-state index contributed by atoms with van der Waals surface area (Å²) in [5.74, 6) is 0.566. The lowest BCUT2D eigenvalue weighted by atomic mass is 10.3. The fourth-order valence-corrected chi connectivity index (χ4v) is 2.25. The topological polar surface area (TPSA) is 74.3 Å². The molecule has 0 aliphatic rings. The number of nitrogens with zero attached hydrogens (tertiary/aromatic N) is 2. The summed E-state index contributed by atoms with van der Waals surface area (Å²) in [6, 6.07) is 10.6. The van der Waals surface area contributed by atoms with Crippen LogP contribution in [0.25, 0.3) is 0 Å². The first-order chi connectivity index (χ1) is 9.88. The molecule has 1 aromatic heterocycles. The largest absolute Gasteiger partial charge is 0.339 e. The molecule has 0 spiro atoms. The van der Waals surface area contributed by atoms with Gasteiger partial charge in [0.15, 0.2) is 0 Å². The SMILES string of the molecule is CN(C)S(=O)(=O)Nc1ccc(Nc2ccccc2Cl)nc1. The highest BCUT2D eigenvalue weighted by atomic mass is 35.5. The molecule has 0 aliphatic carbocycles. The van der Waals surface area contributed by atoms with E-state index in [4.69, 9.17) is 11.6 Å². The molecule has 0 saturated carbocycles. The maximum atomic E-state index is 11.7. The molecular weight excluding hydrogens is 312 g/mol. The summed E-state index contributed by atoms with van der Waals surface area (Å²) >= 11 is 6.04. The van der Waals surface area contributed by atoms with Gasteiger partial charge < -0.3 is 5.32 Å². The van der Waals surface area contributed by atoms with Gasteiger partial charge in [0.2, 0.25) is 0 Å². The lowest BCUT2D eigenvalue weighted by Crippen LogP contribution is -2.28. The van der Waals surface area contributed by atoms with E-state index >= 15 is 0 Å². The minimum Gasteiger partial charge on any atom is -0.339 e. The van der Waals surface area contributed by atoms with Crippen molar-refractivity contribution in [2.45, 2.75) is 0 Å². The zero-order valence-electron chi connectivity index (χ0n) is 11.5. The molecule has 0 aliphatic heterocycles. The van der Waals surface area contributed by atoms with Crippen molar-refractivity contribution in [3.05, 3.63) is 47.6 Å². The van der Waals surface area contributed by atoms with Gasteiger partial charge in [-0.25, -0.2) is 4.98 Å². The Balaban J connectivity index is 2.11. The molecule has 1 heterocycles. The zero-order chi connectivity index (χ0) is 15.5. The Labute approximate surface area is 128 Å². The van der Waals surface area contributed by atoms with Crippen LogP contribution in [0.15, 0.2) is 42.6 Å². The van der Waals surface area contributed by atoms with Gasteiger partial charge in [-0.1, -0.05) is 23.7 Å². The molecule has 2 rings (SSSR count). The minimum atomic E-state index is -3.53. The quantitative estimate of drug-likeness (QED) is 0.886. The monoisotopic (exact) mass is 326 g/mol. The summed E-state index contributed by atoms with van der Waals surface area (Å²) in [5, 5.41) is 3.63. The first-order valence-corrected chi connectivity index (χ1v) is 7.88. The molecule has 6 nitrogen and oxygen atoms in total. The van der Waals surface area contributed by atoms with Crippen LogP contribution in [0.3, 0.4) is 0 Å². The average molecular weight is 327 g/mol. The van der Waals surface area contributed by atoms with E-state index in [2.05, 4.69) is 15.0 Å². The van der Waals surface area contributed by atoms with Gasteiger partial charge in [-0.2, -0.15) is 12.7 Å². The first-order valence-electron chi connectivity index (χ1n) is 6.06. The molecular formula is C13H15ClN4O2S. The van der Waals surface area contributed by atoms with E-state index < -0.39 is 10.2 Å². The maximum Gasteiger partial charge on any atom is 0.301 e. The summed E-state index contributed by atoms with van der Waals surface area (Å²) in [7, 11) is -0.633. The fraction of sp³-hybridized carbons (Fsp3) is 0.154. The zero-order valence-corrected chi connectivity index (χ0v) is 13.1. The van der Waals surface area contributed by atoms with Crippen LogP contribution >= 0.6 is 11.6 Å². The fourth-order valence-electron chi connectivity index (χ4n) is 1.47. The van der Waals surface area contributed by atoms with E-state index in [9.17, 15) is 8.42 Å². The molecule has 8 heteroatoms. The molecule has 0 amide bonds. The van der Waals surface area contributed by atoms with Crippen molar-refractivity contribution in [2.75, 3.05) is 24.1 Å². The predicted octanol–water partition coefficient (Wildman–Crippen LogP) is 2.70. The molecule has 1 aromatic carbocycles. The standard InChI is InChI=1S/C13H15ClN4O2S/c1-18(2)21(19,20)17-10-7-8-13(15-9-10)16-12-6-4-3-5-11(12)14/h3-9,17H,1-2H3,(H,15,16). The Kier molecular flexibility index (Phi) is 4.66. The minimum absolute atomic E-state index is 0.383. The van der Waals surface area contributed by atoms with Crippen molar-refractivity contribution in [2.24, 2.45) is 0 Å². The Morgan fingerprint density at radius 3 is 2.43 bits per heavy atom. The number of hydrogen-bond donors (Lipinski definition) is 2. The number of para-hydroxylation sites is 1. The van der Waals surface area contributed by atoms with Crippen molar-refractivity contribution in [3.63, 3.8) is 0 Å². The van der Waals surface area contributed by atoms with Crippen LogP contribution in [-0.4, -0.2) is 31.8 Å². The van der Waals surface area contributed by atoms with Gasteiger partial charge in [-0.3, -0.25) is 4.72 Å². The molecule has 0 fully saturated rings. The van der Waals surface area contributed by atoms with Crippen molar-refractivity contribution in [1.82, 2.24) is 9.29 Å². The average Bonchev–Trinajstić information content (AvgIpc) is 2.43. The van der Waals surface area contributed by atoms with Crippen molar-refractivity contribution in [3.8, 4) is 0 Å². The Morgan fingerprint density at radius 1 is 1.14 bits per heavy atom. The number of rotatable bonds is 5. The number of halogens is 1. The lowest BCUT2D eigenvalue weighted by molar-refractivity contribution is 0.527. The second-order valence-electron chi connectivity index (χ2n) is 4.43. The molecule has 0 bridgehead atoms. The van der Waals surface area contributed by atoms with E-state index in [1.54, 1.807) is 18.2 Å². The third-order valence-corrected chi connectivity index (χ3v) is 4.41. The number of benzene rings is 1. The number of hydrogen-bond acceptors (Lipinski definition) is 4. The Hall–Kier alpha value is -1.83. The number of aromatic nitrogens is 1.